The van der Waals surface area contributed by atoms with Gasteiger partial charge in [-0.15, -0.1) is 12.4 Å². The van der Waals surface area contributed by atoms with E-state index in [0.717, 1.165) is 12.8 Å². The molecule has 0 aliphatic heterocycles. The zero-order valence-electron chi connectivity index (χ0n) is 12.1. The van der Waals surface area contributed by atoms with Crippen LogP contribution in [-0.4, -0.2) is 24.2 Å². The summed E-state index contributed by atoms with van der Waals surface area (Å²) in [6.07, 6.45) is 3.95. The summed E-state index contributed by atoms with van der Waals surface area (Å²) in [5, 5.41) is 12.1. The highest BCUT2D eigenvalue weighted by molar-refractivity contribution is 5.93. The monoisotopic (exact) mass is 304 g/mol. The lowest BCUT2D eigenvalue weighted by Gasteiger charge is -2.31. The highest BCUT2D eigenvalue weighted by Gasteiger charge is 2.26. The van der Waals surface area contributed by atoms with Crippen LogP contribution in [0.25, 0.3) is 0 Å². The van der Waals surface area contributed by atoms with E-state index in [2.05, 4.69) is 19.2 Å². The van der Waals surface area contributed by atoms with Crippen LogP contribution in [0.15, 0.2) is 16.7 Å². The van der Waals surface area contributed by atoms with Gasteiger partial charge in [0.2, 0.25) is 0 Å². The van der Waals surface area contributed by atoms with E-state index in [1.54, 1.807) is 6.07 Å². The summed E-state index contributed by atoms with van der Waals surface area (Å²) in [6.45, 7) is 5.14. The number of halogens is 1. The van der Waals surface area contributed by atoms with Crippen molar-refractivity contribution in [2.75, 3.05) is 13.2 Å². The van der Waals surface area contributed by atoms with Crippen molar-refractivity contribution in [3.8, 4) is 0 Å². The fraction of sp³-hybridized carbons (Fsp3) is 0.643. The lowest BCUT2D eigenvalue weighted by Crippen LogP contribution is -2.37. The van der Waals surface area contributed by atoms with Gasteiger partial charge in [0.05, 0.1) is 12.1 Å². The van der Waals surface area contributed by atoms with Crippen LogP contribution in [0.2, 0.25) is 0 Å². The molecule has 116 valence electrons. The maximum atomic E-state index is 12.0. The van der Waals surface area contributed by atoms with Gasteiger partial charge < -0.3 is 20.6 Å². The molecular formula is C14H25ClN2O3. The Morgan fingerprint density at radius 1 is 1.45 bits per heavy atom. The molecule has 4 N–H and O–H groups in total. The number of nitrogens with one attached hydrogen (secondary N) is 1. The molecule has 1 rings (SSSR count). The Balaban J connectivity index is 0.00000361. The van der Waals surface area contributed by atoms with Crippen LogP contribution in [0.3, 0.4) is 0 Å². The Bertz CT molecular complexity index is 403. The van der Waals surface area contributed by atoms with Gasteiger partial charge in [-0.25, -0.2) is 0 Å². The predicted molar refractivity (Wildman–Crippen MR) is 80.9 cm³/mol. The van der Waals surface area contributed by atoms with Crippen molar-refractivity contribution >= 4 is 18.3 Å². The van der Waals surface area contributed by atoms with Gasteiger partial charge >= 0.3 is 0 Å². The van der Waals surface area contributed by atoms with Gasteiger partial charge in [-0.3, -0.25) is 4.79 Å². The van der Waals surface area contributed by atoms with Crippen molar-refractivity contribution in [2.24, 2.45) is 11.1 Å². The smallest absolute Gasteiger partial charge is 0.254 e. The first-order valence-corrected chi connectivity index (χ1v) is 6.77. The molecule has 0 saturated carbocycles. The molecule has 0 saturated heterocycles. The molecule has 1 amide bonds. The lowest BCUT2D eigenvalue weighted by atomic mass is 9.79. The molecular weight excluding hydrogens is 280 g/mol. The van der Waals surface area contributed by atoms with Gasteiger partial charge in [0, 0.05) is 13.2 Å². The number of carbonyl (C=O) groups excluding carboxylic acids is 1. The number of amides is 1. The molecule has 0 radical (unpaired) electrons. The maximum Gasteiger partial charge on any atom is 0.254 e. The molecule has 5 nitrogen and oxygen atoms in total. The van der Waals surface area contributed by atoms with Gasteiger partial charge in [-0.1, -0.05) is 13.8 Å². The van der Waals surface area contributed by atoms with Crippen molar-refractivity contribution in [1.29, 1.82) is 0 Å². The average molecular weight is 305 g/mol. The molecule has 1 heterocycles. The quantitative estimate of drug-likeness (QED) is 0.686. The molecule has 0 atom stereocenters. The summed E-state index contributed by atoms with van der Waals surface area (Å²) in [5.41, 5.74) is 5.89. The van der Waals surface area contributed by atoms with E-state index in [4.69, 9.17) is 15.3 Å². The fourth-order valence-corrected chi connectivity index (χ4v) is 2.16. The number of aliphatic hydroxyl groups excluding tert-OH is 1. The molecule has 0 bridgehead atoms. The molecule has 0 unspecified atom stereocenters. The fourth-order valence-electron chi connectivity index (χ4n) is 2.16. The first kappa shape index (κ1) is 19.0. The largest absolute Gasteiger partial charge is 0.467 e. The molecule has 0 aromatic carbocycles. The SMILES string of the molecule is CCC(CC)(CCO)CNC(=O)c1coc(CN)c1.Cl. The normalized spacial score (nSPS) is 11.0. The van der Waals surface area contributed by atoms with E-state index in [9.17, 15) is 4.79 Å². The number of hydrogen-bond donors (Lipinski definition) is 3. The Morgan fingerprint density at radius 2 is 2.10 bits per heavy atom. The topological polar surface area (TPSA) is 88.5 Å². The Kier molecular flexibility index (Phi) is 8.53. The van der Waals surface area contributed by atoms with E-state index in [1.807, 2.05) is 0 Å². The Labute approximate surface area is 126 Å². The summed E-state index contributed by atoms with van der Waals surface area (Å²) in [6, 6.07) is 1.65. The van der Waals surface area contributed by atoms with Crippen LogP contribution < -0.4 is 11.1 Å². The Hall–Kier alpha value is -1.04. The molecule has 0 aliphatic carbocycles. The van der Waals surface area contributed by atoms with Crippen molar-refractivity contribution in [3.63, 3.8) is 0 Å². The summed E-state index contributed by atoms with van der Waals surface area (Å²) in [4.78, 5) is 12.0. The second-order valence-electron chi connectivity index (χ2n) is 4.87. The first-order chi connectivity index (χ1) is 9.10. The van der Waals surface area contributed by atoms with Crippen LogP contribution >= 0.6 is 12.4 Å². The van der Waals surface area contributed by atoms with Gasteiger partial charge in [-0.05, 0) is 30.7 Å². The second-order valence-corrected chi connectivity index (χ2v) is 4.87. The van der Waals surface area contributed by atoms with Crippen LogP contribution in [-0.2, 0) is 6.54 Å². The van der Waals surface area contributed by atoms with Crippen molar-refractivity contribution < 1.29 is 14.3 Å². The number of hydrogen-bond acceptors (Lipinski definition) is 4. The predicted octanol–water partition coefficient (Wildman–Crippen LogP) is 2.08. The molecule has 0 aliphatic rings. The molecule has 1 aromatic rings. The highest BCUT2D eigenvalue weighted by Crippen LogP contribution is 2.29. The highest BCUT2D eigenvalue weighted by atomic mass is 35.5. The summed E-state index contributed by atoms with van der Waals surface area (Å²) in [7, 11) is 0. The maximum absolute atomic E-state index is 12.0. The minimum absolute atomic E-state index is 0. The van der Waals surface area contributed by atoms with Crippen molar-refractivity contribution in [3.05, 3.63) is 23.7 Å². The third-order valence-electron chi connectivity index (χ3n) is 3.88. The van der Waals surface area contributed by atoms with Gasteiger partial charge in [0.25, 0.3) is 5.91 Å². The second kappa shape index (κ2) is 9.00. The van der Waals surface area contributed by atoms with Crippen LogP contribution in [0, 0.1) is 5.41 Å². The lowest BCUT2D eigenvalue weighted by molar-refractivity contribution is 0.0906. The number of carbonyl (C=O) groups is 1. The average Bonchev–Trinajstić information content (AvgIpc) is 2.92. The first-order valence-electron chi connectivity index (χ1n) is 6.77. The number of nitrogens with two attached hydrogens (primary N) is 1. The third-order valence-corrected chi connectivity index (χ3v) is 3.88. The number of rotatable bonds is 8. The molecule has 20 heavy (non-hydrogen) atoms. The number of furan rings is 1. The Morgan fingerprint density at radius 3 is 2.55 bits per heavy atom. The van der Waals surface area contributed by atoms with Crippen LogP contribution in [0.4, 0.5) is 0 Å². The van der Waals surface area contributed by atoms with Gasteiger partial charge in [0.15, 0.2) is 0 Å². The summed E-state index contributed by atoms with van der Waals surface area (Å²) in [5.74, 6) is 0.436. The van der Waals surface area contributed by atoms with Gasteiger partial charge in [-0.2, -0.15) is 0 Å². The van der Waals surface area contributed by atoms with E-state index in [1.165, 1.54) is 6.26 Å². The van der Waals surface area contributed by atoms with Crippen molar-refractivity contribution in [2.45, 2.75) is 39.7 Å². The summed E-state index contributed by atoms with van der Waals surface area (Å²) >= 11 is 0. The number of aliphatic hydroxyl groups is 1. The molecule has 6 heteroatoms. The van der Waals surface area contributed by atoms with E-state index in [-0.39, 0.29) is 36.9 Å². The minimum atomic E-state index is -0.160. The standard InChI is InChI=1S/C14H24N2O3.ClH/c1-3-14(4-2,5-6-17)10-16-13(18)11-7-12(8-15)19-9-11;/h7,9,17H,3-6,8,10,15H2,1-2H3,(H,16,18);1H. The van der Waals surface area contributed by atoms with E-state index in [0.29, 0.717) is 24.3 Å². The minimum Gasteiger partial charge on any atom is -0.467 e. The third kappa shape index (κ3) is 4.81. The molecule has 0 fully saturated rings. The zero-order valence-corrected chi connectivity index (χ0v) is 13.0. The van der Waals surface area contributed by atoms with Gasteiger partial charge in [0.1, 0.15) is 12.0 Å². The van der Waals surface area contributed by atoms with Crippen LogP contribution in [0.5, 0.6) is 0 Å². The van der Waals surface area contributed by atoms with E-state index >= 15 is 0 Å². The zero-order chi connectivity index (χ0) is 14.3. The molecule has 0 spiro atoms. The molecule has 1 aromatic heterocycles. The van der Waals surface area contributed by atoms with Crippen molar-refractivity contribution in [1.82, 2.24) is 5.32 Å². The summed E-state index contributed by atoms with van der Waals surface area (Å²) < 4.78 is 5.14. The van der Waals surface area contributed by atoms with E-state index < -0.39 is 0 Å². The van der Waals surface area contributed by atoms with Crippen LogP contribution in [0.1, 0.15) is 49.2 Å².